The summed E-state index contributed by atoms with van der Waals surface area (Å²) in [6.07, 6.45) is 12.9. The van der Waals surface area contributed by atoms with Crippen LogP contribution in [-0.4, -0.2) is 59.4 Å². The zero-order valence-electron chi connectivity index (χ0n) is 37.5. The quantitative estimate of drug-likeness (QED) is 0.0448. The molecule has 2 N–H and O–H groups in total. The van der Waals surface area contributed by atoms with Crippen molar-refractivity contribution < 1.29 is 32.7 Å². The van der Waals surface area contributed by atoms with Crippen molar-refractivity contribution in [1.29, 1.82) is 0 Å². The predicted molar refractivity (Wildman–Crippen MR) is 231 cm³/mol. The Morgan fingerprint density at radius 2 is 1.28 bits per heavy atom. The lowest BCUT2D eigenvalue weighted by Gasteiger charge is -2.45. The highest BCUT2D eigenvalue weighted by molar-refractivity contribution is 6.74. The second kappa shape index (κ2) is 23.1. The number of esters is 1. The maximum absolute atomic E-state index is 12.4. The third-order valence-electron chi connectivity index (χ3n) is 11.6. The van der Waals surface area contributed by atoms with E-state index in [9.17, 15) is 14.4 Å². The van der Waals surface area contributed by atoms with Crippen molar-refractivity contribution in [2.24, 2.45) is 35.3 Å². The largest absolute Gasteiger partial charge is 0.466 e. The third-order valence-corrected chi connectivity index (χ3v) is 20.5. The molecule has 0 spiro atoms. The van der Waals surface area contributed by atoms with Gasteiger partial charge < -0.3 is 24.1 Å². The van der Waals surface area contributed by atoms with Crippen LogP contribution in [0.2, 0.25) is 36.3 Å². The number of allylic oxidation sites excluding steroid dienone is 4. The Bertz CT molecular complexity index is 1270. The maximum Gasteiger partial charge on any atom is 0.404 e. The van der Waals surface area contributed by atoms with Crippen molar-refractivity contribution in [2.45, 2.75) is 177 Å². The van der Waals surface area contributed by atoms with E-state index in [1.54, 1.807) is 13.0 Å². The summed E-state index contributed by atoms with van der Waals surface area (Å²) in [6, 6.07) is 0. The molecule has 0 aromatic carbocycles. The van der Waals surface area contributed by atoms with Gasteiger partial charge in [-0.25, -0.2) is 4.79 Å². The number of primary amides is 1. The van der Waals surface area contributed by atoms with Gasteiger partial charge in [0.05, 0.1) is 25.2 Å². The van der Waals surface area contributed by atoms with Gasteiger partial charge in [0.15, 0.2) is 16.6 Å². The highest BCUT2D eigenvalue weighted by atomic mass is 28.4. The Labute approximate surface area is 333 Å². The summed E-state index contributed by atoms with van der Waals surface area (Å²) >= 11 is 0. The first-order valence-corrected chi connectivity index (χ1v) is 26.1. The van der Waals surface area contributed by atoms with Crippen molar-refractivity contribution in [2.75, 3.05) is 6.61 Å². The van der Waals surface area contributed by atoms with E-state index in [0.29, 0.717) is 19.4 Å². The van der Waals surface area contributed by atoms with E-state index >= 15 is 0 Å². The number of carbonyl (C=O) groups is 3. The van der Waals surface area contributed by atoms with E-state index in [1.165, 1.54) is 5.57 Å². The van der Waals surface area contributed by atoms with Crippen LogP contribution in [0.5, 0.6) is 0 Å². The van der Waals surface area contributed by atoms with Crippen molar-refractivity contribution in [3.05, 3.63) is 48.6 Å². The van der Waals surface area contributed by atoms with Gasteiger partial charge in [-0.3, -0.25) is 9.59 Å². The molecule has 0 bridgehead atoms. The molecule has 0 radical (unpaired) electrons. The molecule has 8 unspecified atom stereocenters. The van der Waals surface area contributed by atoms with Crippen LogP contribution < -0.4 is 5.73 Å². The zero-order chi connectivity index (χ0) is 42.2. The van der Waals surface area contributed by atoms with Crippen LogP contribution in [0.4, 0.5) is 4.79 Å². The summed E-state index contributed by atoms with van der Waals surface area (Å²) in [4.78, 5) is 36.2. The molecule has 0 fully saturated rings. The Morgan fingerprint density at radius 3 is 1.76 bits per heavy atom. The number of hydrogen-bond acceptors (Lipinski definition) is 7. The highest BCUT2D eigenvalue weighted by Gasteiger charge is 2.44. The molecule has 0 saturated carbocycles. The molecule has 0 aromatic heterocycles. The number of hydrogen-bond donors (Lipinski definition) is 1. The van der Waals surface area contributed by atoms with Crippen molar-refractivity contribution >= 4 is 34.5 Å². The monoisotopic (exact) mass is 792 g/mol. The van der Waals surface area contributed by atoms with Gasteiger partial charge in [0.1, 0.15) is 11.9 Å². The second-order valence-corrected chi connectivity index (χ2v) is 28.2. The Kier molecular flexibility index (Phi) is 22.1. The molecule has 0 rings (SSSR count). The summed E-state index contributed by atoms with van der Waals surface area (Å²) in [6.45, 7) is 41.6. The highest BCUT2D eigenvalue weighted by Crippen LogP contribution is 2.42. The van der Waals surface area contributed by atoms with Crippen molar-refractivity contribution in [3.8, 4) is 0 Å². The number of ketones is 1. The summed E-state index contributed by atoms with van der Waals surface area (Å²) in [7, 11) is -4.36. The van der Waals surface area contributed by atoms with Gasteiger partial charge in [-0.05, 0) is 80.7 Å². The fourth-order valence-corrected chi connectivity index (χ4v) is 9.29. The van der Waals surface area contributed by atoms with E-state index in [-0.39, 0.29) is 76.5 Å². The minimum absolute atomic E-state index is 0.00756. The van der Waals surface area contributed by atoms with E-state index in [1.807, 2.05) is 19.1 Å². The molecule has 8 atom stereocenters. The van der Waals surface area contributed by atoms with Crippen LogP contribution >= 0.6 is 0 Å². The predicted octanol–water partition coefficient (Wildman–Crippen LogP) is 11.7. The number of rotatable bonds is 24. The lowest BCUT2D eigenvalue weighted by Crippen LogP contribution is -2.50. The van der Waals surface area contributed by atoms with Crippen LogP contribution in [-0.2, 0) is 27.9 Å². The fourth-order valence-electron chi connectivity index (χ4n) is 6.35. The number of ether oxygens (including phenoxy) is 2. The molecule has 10 heteroatoms. The molecular weight excluding hydrogens is 711 g/mol. The molecule has 0 aliphatic heterocycles. The molecule has 1 amide bonds. The molecular formula is C44H81NO7Si2. The van der Waals surface area contributed by atoms with E-state index in [4.69, 9.17) is 24.1 Å². The zero-order valence-corrected chi connectivity index (χ0v) is 39.5. The Morgan fingerprint density at radius 1 is 0.759 bits per heavy atom. The molecule has 0 saturated heterocycles. The first-order chi connectivity index (χ1) is 24.6. The van der Waals surface area contributed by atoms with E-state index < -0.39 is 28.8 Å². The topological polar surface area (TPSA) is 114 Å². The van der Waals surface area contributed by atoms with Gasteiger partial charge in [0, 0.05) is 24.7 Å². The fraction of sp³-hybridized carbons (Fsp3) is 0.750. The second-order valence-electron chi connectivity index (χ2n) is 18.6. The third kappa shape index (κ3) is 18.1. The molecule has 0 aromatic rings. The van der Waals surface area contributed by atoms with Crippen LogP contribution in [0.1, 0.15) is 122 Å². The molecule has 0 aliphatic carbocycles. The summed E-state index contributed by atoms with van der Waals surface area (Å²) in [5.41, 5.74) is 6.88. The van der Waals surface area contributed by atoms with Gasteiger partial charge in [-0.2, -0.15) is 0 Å². The summed E-state index contributed by atoms with van der Waals surface area (Å²) in [5, 5.41) is 0.0331. The first kappa shape index (κ1) is 51.7. The van der Waals surface area contributed by atoms with Crippen LogP contribution in [0, 0.1) is 29.6 Å². The summed E-state index contributed by atoms with van der Waals surface area (Å²) in [5.74, 6) is -0.144. The van der Waals surface area contributed by atoms with Gasteiger partial charge in [0.2, 0.25) is 0 Å². The first-order valence-electron chi connectivity index (χ1n) is 20.2. The van der Waals surface area contributed by atoms with Crippen LogP contribution in [0.15, 0.2) is 48.6 Å². The minimum Gasteiger partial charge on any atom is -0.466 e. The standard InChI is InChI=1S/C44H81NO7Si2/c1-19-21-24-33(5)40(50-42(45)48)36(8)41(52-54(17,18)44(12,13)14)35(7)30-31(3)29-34(6)39(51-53(15,16)43(9,10)11)32(4)25-22-23-26-37(46)27-28-38(47)49-20-2/h19,21-22,24-25,29,32-36,39-41H,1,20,23,26-28,30H2,2-18H3,(H2,45,48). The molecule has 0 heterocycles. The van der Waals surface area contributed by atoms with Gasteiger partial charge in [-0.1, -0.05) is 125 Å². The number of carbonyl (C=O) groups excluding carboxylic acids is 3. The van der Waals surface area contributed by atoms with Crippen molar-refractivity contribution in [3.63, 3.8) is 0 Å². The normalized spacial score (nSPS) is 18.1. The average molecular weight is 792 g/mol. The molecule has 8 nitrogen and oxygen atoms in total. The lowest BCUT2D eigenvalue weighted by atomic mass is 9.81. The smallest absolute Gasteiger partial charge is 0.404 e. The van der Waals surface area contributed by atoms with E-state index in [2.05, 4.69) is 127 Å². The van der Waals surface area contributed by atoms with Gasteiger partial charge in [-0.15, -0.1) is 0 Å². The van der Waals surface area contributed by atoms with Gasteiger partial charge >= 0.3 is 12.1 Å². The molecule has 0 aliphatic rings. The summed E-state index contributed by atoms with van der Waals surface area (Å²) < 4.78 is 25.1. The number of amides is 1. The SMILES string of the molecule is C=CC=CC(C)C(OC(N)=O)C(C)C(O[Si](C)(C)C(C)(C)C)C(C)CC(C)=CC(C)C(O[Si](C)(C)C(C)(C)C)C(C)C=CCCC(=O)CCC(=O)OCC. The lowest BCUT2D eigenvalue weighted by molar-refractivity contribution is -0.144. The minimum atomic E-state index is -2.23. The van der Waals surface area contributed by atoms with Crippen LogP contribution in [0.25, 0.3) is 0 Å². The Hall–Kier alpha value is -2.28. The average Bonchev–Trinajstić information content (AvgIpc) is 3.03. The van der Waals surface area contributed by atoms with Gasteiger partial charge in [0.25, 0.3) is 0 Å². The Balaban J connectivity index is 6.49. The maximum atomic E-state index is 12.4. The number of nitrogens with two attached hydrogens (primary N) is 1. The van der Waals surface area contributed by atoms with Crippen molar-refractivity contribution in [1.82, 2.24) is 0 Å². The van der Waals surface area contributed by atoms with E-state index in [0.717, 1.165) is 6.42 Å². The van der Waals surface area contributed by atoms with Crippen LogP contribution in [0.3, 0.4) is 0 Å². The molecule has 54 heavy (non-hydrogen) atoms. The molecule has 312 valence electrons. The number of Topliss-reactive ketones (excluding diaryl/α,β-unsaturated/α-hetero) is 1.